The van der Waals surface area contributed by atoms with Crippen molar-refractivity contribution in [2.75, 3.05) is 0 Å². The van der Waals surface area contributed by atoms with E-state index in [0.29, 0.717) is 11.1 Å². The van der Waals surface area contributed by atoms with Crippen LogP contribution in [0.15, 0.2) is 34.9 Å². The Morgan fingerprint density at radius 3 is 1.46 bits per heavy atom. The molecular formula is C26H44SiTi. The molecule has 0 aromatic heterocycles. The Balaban J connectivity index is -0.00000156. The van der Waals surface area contributed by atoms with Gasteiger partial charge in [0.25, 0.3) is 0 Å². The summed E-state index contributed by atoms with van der Waals surface area (Å²) in [5.41, 5.74) is 8.47. The molecule has 156 valence electrons. The van der Waals surface area contributed by atoms with Crippen molar-refractivity contribution in [1.29, 1.82) is 0 Å². The van der Waals surface area contributed by atoms with Crippen LogP contribution in [-0.4, -0.2) is 8.07 Å². The smallest absolute Gasteiger partial charge is 0.358 e. The summed E-state index contributed by atoms with van der Waals surface area (Å²) in [5, 5.41) is 1.69. The van der Waals surface area contributed by atoms with Crippen LogP contribution in [0.2, 0.25) is 16.1 Å². The average molecular weight is 433 g/mol. The molecule has 28 heavy (non-hydrogen) atoms. The van der Waals surface area contributed by atoms with Gasteiger partial charge in [0.1, 0.15) is 0 Å². The van der Waals surface area contributed by atoms with Crippen molar-refractivity contribution in [2.45, 2.75) is 85.4 Å². The molecule has 1 atom stereocenters. The Hall–Kier alpha value is -0.369. The molecule has 0 fully saturated rings. The standard InChI is InChI=1S/C23H35Si.3CH3.Ti/c1-15(2)24(16(3)4,22-12-17(5)11-18(6)13-22)23(10)14-19(7)20(8)21(23)9;;;;/h11-13,15-16H,1-10H3;3*1H3;/q4*-1;+4. The number of allylic oxidation sites excluding steroid dienone is 4. The topological polar surface area (TPSA) is 0 Å². The number of benzene rings is 1. The van der Waals surface area contributed by atoms with E-state index in [-0.39, 0.29) is 49.0 Å². The molecule has 0 spiro atoms. The summed E-state index contributed by atoms with van der Waals surface area (Å²) in [7, 11) is -1.92. The molecule has 0 N–H and O–H groups in total. The van der Waals surface area contributed by atoms with Crippen molar-refractivity contribution in [3.63, 3.8) is 0 Å². The molecule has 1 aromatic carbocycles. The second kappa shape index (κ2) is 11.1. The van der Waals surface area contributed by atoms with Crippen LogP contribution >= 0.6 is 0 Å². The third kappa shape index (κ3) is 4.68. The minimum Gasteiger partial charge on any atom is -0.358 e. The molecule has 1 unspecified atom stereocenters. The minimum absolute atomic E-state index is 0. The van der Waals surface area contributed by atoms with E-state index in [1.807, 2.05) is 0 Å². The first kappa shape index (κ1) is 32.3. The predicted molar refractivity (Wildman–Crippen MR) is 130 cm³/mol. The monoisotopic (exact) mass is 432 g/mol. The molecule has 0 radical (unpaired) electrons. The van der Waals surface area contributed by atoms with Crippen molar-refractivity contribution in [3.05, 3.63) is 74.4 Å². The maximum atomic E-state index is 3.98. The van der Waals surface area contributed by atoms with Gasteiger partial charge in [0.2, 0.25) is 0 Å². The fraction of sp³-hybridized carbons (Fsp3) is 0.500. The van der Waals surface area contributed by atoms with Crippen LogP contribution in [0.4, 0.5) is 0 Å². The van der Waals surface area contributed by atoms with Gasteiger partial charge >= 0.3 is 21.7 Å². The van der Waals surface area contributed by atoms with E-state index in [2.05, 4.69) is 93.5 Å². The summed E-state index contributed by atoms with van der Waals surface area (Å²) < 4.78 is 0. The van der Waals surface area contributed by atoms with Gasteiger partial charge in [0, 0.05) is 0 Å². The van der Waals surface area contributed by atoms with Crippen LogP contribution in [0.1, 0.15) is 66.5 Å². The van der Waals surface area contributed by atoms with Gasteiger partial charge in [-0.05, 0) is 24.9 Å². The first-order valence-electron chi connectivity index (χ1n) is 9.37. The van der Waals surface area contributed by atoms with Gasteiger partial charge < -0.3 is 22.3 Å². The molecule has 0 nitrogen and oxygen atoms in total. The van der Waals surface area contributed by atoms with Crippen LogP contribution in [0.5, 0.6) is 0 Å². The Kier molecular flexibility index (Phi) is 12.9. The fourth-order valence-corrected chi connectivity index (χ4v) is 13.3. The molecule has 1 aliphatic rings. The van der Waals surface area contributed by atoms with E-state index >= 15 is 0 Å². The van der Waals surface area contributed by atoms with Gasteiger partial charge in [-0.2, -0.15) is 11.1 Å². The van der Waals surface area contributed by atoms with Gasteiger partial charge in [-0.15, -0.1) is 6.92 Å². The number of aryl methyl sites for hydroxylation is 2. The molecule has 0 bridgehead atoms. The molecule has 0 aliphatic heterocycles. The summed E-state index contributed by atoms with van der Waals surface area (Å²) in [4.78, 5) is 0. The maximum absolute atomic E-state index is 3.98. The van der Waals surface area contributed by atoms with Crippen LogP contribution in [-0.2, 0) is 21.7 Å². The van der Waals surface area contributed by atoms with Gasteiger partial charge in [-0.25, -0.2) is 5.57 Å². The van der Waals surface area contributed by atoms with Gasteiger partial charge in [-0.1, -0.05) is 88.0 Å². The molecule has 2 rings (SSSR count). The number of hydrogen-bond donors (Lipinski definition) is 0. The van der Waals surface area contributed by atoms with E-state index in [4.69, 9.17) is 0 Å². The van der Waals surface area contributed by atoms with Crippen molar-refractivity contribution < 1.29 is 21.7 Å². The summed E-state index contributed by atoms with van der Waals surface area (Å²) >= 11 is 0. The van der Waals surface area contributed by atoms with Gasteiger partial charge in [-0.3, -0.25) is 6.08 Å². The third-order valence-corrected chi connectivity index (χ3v) is 13.7. The Morgan fingerprint density at radius 2 is 1.18 bits per heavy atom. The number of hydrogen-bond acceptors (Lipinski definition) is 0. The Bertz CT molecular complexity index is 681. The van der Waals surface area contributed by atoms with Crippen molar-refractivity contribution in [2.24, 2.45) is 0 Å². The van der Waals surface area contributed by atoms with Crippen LogP contribution < -0.4 is 5.19 Å². The molecule has 0 heterocycles. The first-order chi connectivity index (χ1) is 11.0. The minimum atomic E-state index is -1.92. The van der Waals surface area contributed by atoms with Gasteiger partial charge in [0.15, 0.2) is 0 Å². The van der Waals surface area contributed by atoms with E-state index in [1.54, 1.807) is 10.8 Å². The summed E-state index contributed by atoms with van der Waals surface area (Å²) in [5.74, 6) is 0. The molecule has 1 aromatic rings. The Labute approximate surface area is 194 Å². The van der Waals surface area contributed by atoms with Gasteiger partial charge in [0.05, 0.1) is 8.07 Å². The van der Waals surface area contributed by atoms with Crippen LogP contribution in [0.3, 0.4) is 0 Å². The maximum Gasteiger partial charge on any atom is 4.00 e. The third-order valence-electron chi connectivity index (χ3n) is 6.66. The number of rotatable bonds is 4. The molecular weight excluding hydrogens is 388 g/mol. The molecule has 0 saturated carbocycles. The second-order valence-corrected chi connectivity index (χ2v) is 14.3. The summed E-state index contributed by atoms with van der Waals surface area (Å²) in [6, 6.07) is 7.25. The Morgan fingerprint density at radius 1 is 0.786 bits per heavy atom. The van der Waals surface area contributed by atoms with Crippen molar-refractivity contribution in [1.82, 2.24) is 0 Å². The summed E-state index contributed by atoms with van der Waals surface area (Å²) in [6.45, 7) is 23.6. The quantitative estimate of drug-likeness (QED) is 0.334. The fourth-order valence-electron chi connectivity index (χ4n) is 5.62. The first-order valence-corrected chi connectivity index (χ1v) is 11.5. The molecule has 0 saturated heterocycles. The predicted octanol–water partition coefficient (Wildman–Crippen LogP) is 7.99. The average Bonchev–Trinajstić information content (AvgIpc) is 2.62. The van der Waals surface area contributed by atoms with Crippen LogP contribution in [0, 0.1) is 42.2 Å². The van der Waals surface area contributed by atoms with E-state index in [9.17, 15) is 0 Å². The van der Waals surface area contributed by atoms with E-state index < -0.39 is 8.07 Å². The zero-order valence-electron chi connectivity index (χ0n) is 20.9. The van der Waals surface area contributed by atoms with E-state index in [1.165, 1.54) is 22.3 Å². The largest absolute Gasteiger partial charge is 4.00 e. The molecule has 2 heteroatoms. The SMILES string of the molecule is CC1=[C-]C(C)([Si](c2cc(C)cc(C)c2)(C(C)C)C(C)C)C(C)=C1C.[CH3-].[CH3-].[CH3-].[Ti+4]. The van der Waals surface area contributed by atoms with Crippen LogP contribution in [0.25, 0.3) is 0 Å². The van der Waals surface area contributed by atoms with Crippen molar-refractivity contribution >= 4 is 13.3 Å². The van der Waals surface area contributed by atoms with E-state index in [0.717, 1.165) is 0 Å². The normalized spacial score (nSPS) is 18.8. The zero-order chi connectivity index (χ0) is 18.4. The second-order valence-electron chi connectivity index (χ2n) is 8.68. The van der Waals surface area contributed by atoms with Crippen molar-refractivity contribution in [3.8, 4) is 0 Å². The molecule has 0 amide bonds. The summed E-state index contributed by atoms with van der Waals surface area (Å²) in [6.07, 6.45) is 3.98. The molecule has 1 aliphatic carbocycles. The zero-order valence-corrected chi connectivity index (χ0v) is 23.4.